The number of carbonyl (C=O) groups excluding carboxylic acids is 3. The normalized spacial score (nSPS) is 29.2. The number of methoxy groups -OCH3 is 2. The van der Waals surface area contributed by atoms with Crippen molar-refractivity contribution in [1.82, 2.24) is 9.88 Å². The van der Waals surface area contributed by atoms with E-state index < -0.39 is 17.7 Å². The smallest absolute Gasteiger partial charge is 0.305 e. The van der Waals surface area contributed by atoms with Crippen LogP contribution in [0, 0.1) is 36.5 Å². The largest absolute Gasteiger partial charge is 0.493 e. The molecule has 2 aliphatic heterocycles. The Morgan fingerprint density at radius 3 is 2.41 bits per heavy atom. The number of hydrogen-bond acceptors (Lipinski definition) is 8. The van der Waals surface area contributed by atoms with Crippen LogP contribution in [0.15, 0.2) is 52.3 Å². The van der Waals surface area contributed by atoms with Crippen molar-refractivity contribution in [2.24, 2.45) is 29.6 Å². The summed E-state index contributed by atoms with van der Waals surface area (Å²) in [5.74, 6) is -0.697. The first-order valence-electron chi connectivity index (χ1n) is 13.6. The van der Waals surface area contributed by atoms with Crippen molar-refractivity contribution in [1.29, 1.82) is 0 Å². The molecule has 212 valence electrons. The Morgan fingerprint density at radius 2 is 1.71 bits per heavy atom. The van der Waals surface area contributed by atoms with E-state index in [1.54, 1.807) is 38.1 Å². The molecule has 11 heteroatoms. The monoisotopic (exact) mass is 591 g/mol. The number of anilines is 1. The van der Waals surface area contributed by atoms with E-state index in [1.165, 1.54) is 16.2 Å². The molecule has 3 aromatic rings. The number of amides is 3. The number of likely N-dealkylation sites (tertiary alicyclic amines) is 1. The summed E-state index contributed by atoms with van der Waals surface area (Å²) in [5, 5.41) is 3.72. The van der Waals surface area contributed by atoms with Gasteiger partial charge in [0, 0.05) is 21.7 Å². The molecule has 2 aromatic carbocycles. The van der Waals surface area contributed by atoms with Crippen molar-refractivity contribution in [3.63, 3.8) is 0 Å². The highest BCUT2D eigenvalue weighted by molar-refractivity contribution is 8.00. The van der Waals surface area contributed by atoms with Crippen LogP contribution in [-0.2, 0) is 14.4 Å². The molecule has 3 amide bonds. The molecular formula is C30H29N3O6S2. The zero-order valence-corrected chi connectivity index (χ0v) is 24.3. The van der Waals surface area contributed by atoms with Gasteiger partial charge in [0.05, 0.1) is 31.1 Å². The van der Waals surface area contributed by atoms with E-state index in [2.05, 4.69) is 10.3 Å². The third-order valence-electron chi connectivity index (χ3n) is 9.22. The highest BCUT2D eigenvalue weighted by Crippen LogP contribution is 2.68. The van der Waals surface area contributed by atoms with Crippen LogP contribution in [0.1, 0.15) is 28.3 Å². The summed E-state index contributed by atoms with van der Waals surface area (Å²) < 4.78 is 11.0. The minimum absolute atomic E-state index is 0.0131. The van der Waals surface area contributed by atoms with Crippen molar-refractivity contribution in [3.8, 4) is 11.5 Å². The fourth-order valence-electron chi connectivity index (χ4n) is 7.63. The lowest BCUT2D eigenvalue weighted by atomic mass is 9.68. The lowest BCUT2D eigenvalue weighted by molar-refractivity contribution is -0.143. The van der Waals surface area contributed by atoms with Gasteiger partial charge < -0.3 is 19.8 Å². The maximum absolute atomic E-state index is 13.8. The Kier molecular flexibility index (Phi) is 6.27. The number of fused-ring (bicyclic) bond motifs is 9. The Bertz CT molecular complexity index is 1630. The van der Waals surface area contributed by atoms with E-state index in [0.29, 0.717) is 17.2 Å². The van der Waals surface area contributed by atoms with E-state index >= 15 is 0 Å². The molecule has 0 spiro atoms. The lowest BCUT2D eigenvalue weighted by Crippen LogP contribution is -2.42. The van der Waals surface area contributed by atoms with E-state index in [9.17, 15) is 19.2 Å². The molecule has 3 heterocycles. The van der Waals surface area contributed by atoms with Crippen LogP contribution < -0.4 is 19.7 Å². The minimum Gasteiger partial charge on any atom is -0.493 e. The number of nitrogens with zero attached hydrogens (tertiary/aromatic N) is 1. The molecule has 2 N–H and O–H groups in total. The number of nitrogens with one attached hydrogen (secondary N) is 2. The fourth-order valence-corrected chi connectivity index (χ4v) is 10.5. The van der Waals surface area contributed by atoms with E-state index in [1.807, 2.05) is 37.3 Å². The number of thioether (sulfide) groups is 1. The van der Waals surface area contributed by atoms with Crippen molar-refractivity contribution in [3.05, 3.63) is 68.1 Å². The van der Waals surface area contributed by atoms with E-state index in [4.69, 9.17) is 9.47 Å². The van der Waals surface area contributed by atoms with Crippen molar-refractivity contribution in [2.75, 3.05) is 26.1 Å². The number of H-pyrrole nitrogens is 1. The molecule has 7 rings (SSSR count). The first kappa shape index (κ1) is 26.3. The molecular weight excluding hydrogens is 562 g/mol. The Hall–Kier alpha value is -3.57. The second-order valence-electron chi connectivity index (χ2n) is 11.3. The molecule has 2 bridgehead atoms. The SMILES string of the molecule is COc1ccc(C2c3sc(=O)[nH]c3SC3C4CC(C5C(=O)N(CC(=O)Nc6ccc(C)cc6)C(=O)C45)C23)cc1OC. The van der Waals surface area contributed by atoms with Gasteiger partial charge >= 0.3 is 4.87 Å². The number of rotatable bonds is 6. The number of aryl methyl sites for hydroxylation is 1. The first-order valence-corrected chi connectivity index (χ1v) is 15.3. The fraction of sp³-hybridized carbons (Fsp3) is 0.400. The maximum atomic E-state index is 13.8. The van der Waals surface area contributed by atoms with Crippen molar-refractivity contribution >= 4 is 46.5 Å². The Morgan fingerprint density at radius 1 is 1.00 bits per heavy atom. The number of carbonyl (C=O) groups is 3. The molecule has 7 unspecified atom stereocenters. The van der Waals surface area contributed by atoms with Gasteiger partial charge in [-0.3, -0.25) is 24.1 Å². The number of thiazole rings is 1. The molecule has 1 saturated heterocycles. The van der Waals surface area contributed by atoms with Gasteiger partial charge in [0.25, 0.3) is 0 Å². The summed E-state index contributed by atoms with van der Waals surface area (Å²) in [6, 6.07) is 13.2. The lowest BCUT2D eigenvalue weighted by Gasteiger charge is -2.43. The van der Waals surface area contributed by atoms with Gasteiger partial charge in [0.2, 0.25) is 17.7 Å². The number of aromatic amines is 1. The topological polar surface area (TPSA) is 118 Å². The van der Waals surface area contributed by atoms with Crippen LogP contribution in [0.3, 0.4) is 0 Å². The predicted octanol–water partition coefficient (Wildman–Crippen LogP) is 3.87. The molecule has 2 aliphatic carbocycles. The Balaban J connectivity index is 1.20. The average molecular weight is 592 g/mol. The zero-order valence-electron chi connectivity index (χ0n) is 22.7. The second-order valence-corrected chi connectivity index (χ2v) is 13.5. The molecule has 3 fully saturated rings. The highest BCUT2D eigenvalue weighted by Gasteiger charge is 2.69. The second kappa shape index (κ2) is 9.77. The van der Waals surface area contributed by atoms with E-state index in [0.717, 1.165) is 27.5 Å². The van der Waals surface area contributed by atoms with Gasteiger partial charge in [-0.25, -0.2) is 0 Å². The van der Waals surface area contributed by atoms with Crippen LogP contribution in [-0.4, -0.2) is 53.6 Å². The predicted molar refractivity (Wildman–Crippen MR) is 155 cm³/mol. The average Bonchev–Trinajstić information content (AvgIpc) is 3.70. The van der Waals surface area contributed by atoms with Crippen LogP contribution in [0.25, 0.3) is 0 Å². The third kappa shape index (κ3) is 4.04. The van der Waals surface area contributed by atoms with Gasteiger partial charge in [0.15, 0.2) is 11.5 Å². The van der Waals surface area contributed by atoms with Crippen LogP contribution in [0.4, 0.5) is 5.69 Å². The first-order chi connectivity index (χ1) is 19.8. The number of imide groups is 1. The zero-order chi connectivity index (χ0) is 28.6. The van der Waals surface area contributed by atoms with Gasteiger partial charge in [-0.1, -0.05) is 35.1 Å². The molecule has 7 atom stereocenters. The van der Waals surface area contributed by atoms with Gasteiger partial charge in [0.1, 0.15) is 6.54 Å². The number of benzene rings is 2. The number of ether oxygens (including phenoxy) is 2. The van der Waals surface area contributed by atoms with Gasteiger partial charge in [-0.15, -0.1) is 11.8 Å². The summed E-state index contributed by atoms with van der Waals surface area (Å²) in [5.41, 5.74) is 2.69. The molecule has 41 heavy (non-hydrogen) atoms. The third-order valence-corrected chi connectivity index (χ3v) is 11.8. The van der Waals surface area contributed by atoms with Crippen LogP contribution in [0.5, 0.6) is 11.5 Å². The summed E-state index contributed by atoms with van der Waals surface area (Å²) in [6.45, 7) is 1.67. The molecule has 2 saturated carbocycles. The molecule has 1 aromatic heterocycles. The standard InChI is InChI=1S/C30H29N3O6S2/c1-13-4-7-15(8-5-13)31-20(34)12-33-28(35)23-16-11-17(24(23)29(33)36)25-22(16)21(26-27(40-25)32-30(37)41-26)14-6-9-18(38-2)19(10-14)39-3/h4-10,16-17,21-25H,11-12H2,1-3H3,(H,31,34)(H,32,37). The van der Waals surface area contributed by atoms with Gasteiger partial charge in [-0.05, 0) is 60.9 Å². The minimum atomic E-state index is -0.457. The molecule has 0 radical (unpaired) electrons. The van der Waals surface area contributed by atoms with Crippen LogP contribution in [0.2, 0.25) is 0 Å². The summed E-state index contributed by atoms with van der Waals surface area (Å²) in [7, 11) is 3.18. The molecule has 9 nitrogen and oxygen atoms in total. The van der Waals surface area contributed by atoms with Crippen LogP contribution >= 0.6 is 23.1 Å². The van der Waals surface area contributed by atoms with Crippen molar-refractivity contribution < 1.29 is 23.9 Å². The highest BCUT2D eigenvalue weighted by atomic mass is 32.2. The molecule has 4 aliphatic rings. The maximum Gasteiger partial charge on any atom is 0.305 e. The van der Waals surface area contributed by atoms with E-state index in [-0.39, 0.29) is 52.2 Å². The number of hydrogen-bond donors (Lipinski definition) is 2. The summed E-state index contributed by atoms with van der Waals surface area (Å²) >= 11 is 2.85. The Labute approximate surface area is 244 Å². The summed E-state index contributed by atoms with van der Waals surface area (Å²) in [4.78, 5) is 57.9. The quantitative estimate of drug-likeness (QED) is 0.418. The van der Waals surface area contributed by atoms with Crippen molar-refractivity contribution in [2.45, 2.75) is 29.5 Å². The summed E-state index contributed by atoms with van der Waals surface area (Å²) in [6.07, 6.45) is 0.779. The number of aromatic nitrogens is 1. The van der Waals surface area contributed by atoms with Gasteiger partial charge in [-0.2, -0.15) is 0 Å².